The van der Waals surface area contributed by atoms with E-state index in [1.807, 2.05) is 30.3 Å². The van der Waals surface area contributed by atoms with Crippen LogP contribution >= 0.6 is 0 Å². The number of carbonyl (C=O) groups is 1. The molecule has 2 aromatic heterocycles. The summed E-state index contributed by atoms with van der Waals surface area (Å²) in [5, 5.41) is 0. The summed E-state index contributed by atoms with van der Waals surface area (Å²) in [4.78, 5) is 30.8. The Morgan fingerprint density at radius 2 is 1.96 bits per heavy atom. The van der Waals surface area contributed by atoms with Crippen molar-refractivity contribution in [2.24, 2.45) is 0 Å². The van der Waals surface area contributed by atoms with E-state index in [0.29, 0.717) is 48.7 Å². The quantitative estimate of drug-likeness (QED) is 0.714. The molecule has 3 heterocycles. The molecule has 4 rings (SSSR count). The van der Waals surface area contributed by atoms with E-state index in [4.69, 9.17) is 8.83 Å². The van der Waals surface area contributed by atoms with Crippen LogP contribution < -0.4 is 5.63 Å². The molecule has 0 saturated carbocycles. The Hall–Kier alpha value is -3.15. The van der Waals surface area contributed by atoms with Gasteiger partial charge in [-0.15, -0.1) is 0 Å². The highest BCUT2D eigenvalue weighted by atomic mass is 16.4. The summed E-state index contributed by atoms with van der Waals surface area (Å²) in [7, 11) is 0. The van der Waals surface area contributed by atoms with E-state index in [-0.39, 0.29) is 5.91 Å². The average molecular weight is 364 g/mol. The third-order valence-electron chi connectivity index (χ3n) is 4.81. The summed E-state index contributed by atoms with van der Waals surface area (Å²) in [5.41, 5.74) is 2.57. The first-order valence-corrected chi connectivity index (χ1v) is 8.93. The third-order valence-corrected chi connectivity index (χ3v) is 4.81. The number of rotatable bonds is 3. The van der Waals surface area contributed by atoms with Gasteiger partial charge in [-0.2, -0.15) is 0 Å². The SMILES string of the molecule is Cc1cc(=O)oc(C)c1C(=O)N1CCc2oc(Cc3ccccc3)nc2C1. The monoisotopic (exact) mass is 364 g/mol. The molecule has 0 N–H and O–H groups in total. The molecule has 3 aromatic rings. The van der Waals surface area contributed by atoms with Crippen molar-refractivity contribution in [2.75, 3.05) is 6.54 Å². The molecule has 0 unspecified atom stereocenters. The van der Waals surface area contributed by atoms with Crippen molar-refractivity contribution in [3.63, 3.8) is 0 Å². The van der Waals surface area contributed by atoms with Gasteiger partial charge in [0.1, 0.15) is 17.2 Å². The van der Waals surface area contributed by atoms with Gasteiger partial charge in [0, 0.05) is 25.5 Å². The summed E-state index contributed by atoms with van der Waals surface area (Å²) in [6, 6.07) is 11.4. The Kier molecular flexibility index (Phi) is 4.39. The number of aryl methyl sites for hydroxylation is 2. The van der Waals surface area contributed by atoms with E-state index >= 15 is 0 Å². The first kappa shape index (κ1) is 17.3. The van der Waals surface area contributed by atoms with E-state index in [1.54, 1.807) is 18.7 Å². The van der Waals surface area contributed by atoms with Crippen LogP contribution in [-0.2, 0) is 19.4 Å². The number of nitrogens with zero attached hydrogens (tertiary/aromatic N) is 2. The van der Waals surface area contributed by atoms with Gasteiger partial charge in [0.05, 0.1) is 12.1 Å². The molecule has 27 heavy (non-hydrogen) atoms. The molecule has 6 nitrogen and oxygen atoms in total. The van der Waals surface area contributed by atoms with Crippen LogP contribution in [0.25, 0.3) is 0 Å². The molecule has 0 radical (unpaired) electrons. The van der Waals surface area contributed by atoms with Crippen LogP contribution in [0.15, 0.2) is 50.0 Å². The van der Waals surface area contributed by atoms with Crippen molar-refractivity contribution < 1.29 is 13.6 Å². The fraction of sp³-hybridized carbons (Fsp3) is 0.286. The second kappa shape index (κ2) is 6.87. The first-order chi connectivity index (χ1) is 13.0. The Balaban J connectivity index is 1.55. The minimum atomic E-state index is -0.440. The van der Waals surface area contributed by atoms with Gasteiger partial charge in [-0.05, 0) is 25.0 Å². The Labute approximate surface area is 156 Å². The molecule has 6 heteroatoms. The van der Waals surface area contributed by atoms with Gasteiger partial charge in [0.15, 0.2) is 5.89 Å². The van der Waals surface area contributed by atoms with E-state index in [1.165, 1.54) is 6.07 Å². The zero-order valence-electron chi connectivity index (χ0n) is 15.3. The number of carbonyl (C=O) groups excluding carboxylic acids is 1. The van der Waals surface area contributed by atoms with Crippen molar-refractivity contribution in [3.8, 4) is 0 Å². The normalized spacial score (nSPS) is 13.5. The molecule has 0 spiro atoms. The van der Waals surface area contributed by atoms with Gasteiger partial charge in [-0.3, -0.25) is 4.79 Å². The molecule has 0 bridgehead atoms. The second-order valence-electron chi connectivity index (χ2n) is 6.80. The van der Waals surface area contributed by atoms with Gasteiger partial charge in [-0.25, -0.2) is 9.78 Å². The number of hydrogen-bond donors (Lipinski definition) is 0. The molecule has 138 valence electrons. The lowest BCUT2D eigenvalue weighted by Crippen LogP contribution is -2.36. The Bertz CT molecular complexity index is 1020. The molecule has 0 atom stereocenters. The van der Waals surface area contributed by atoms with Crippen molar-refractivity contribution in [3.05, 3.63) is 86.6 Å². The van der Waals surface area contributed by atoms with Crippen LogP contribution in [0.4, 0.5) is 0 Å². The van der Waals surface area contributed by atoms with E-state index in [9.17, 15) is 9.59 Å². The lowest BCUT2D eigenvalue weighted by molar-refractivity contribution is 0.0723. The first-order valence-electron chi connectivity index (χ1n) is 8.93. The van der Waals surface area contributed by atoms with Crippen LogP contribution in [0.3, 0.4) is 0 Å². The van der Waals surface area contributed by atoms with E-state index < -0.39 is 5.63 Å². The van der Waals surface area contributed by atoms with Crippen molar-refractivity contribution in [2.45, 2.75) is 33.2 Å². The summed E-state index contributed by atoms with van der Waals surface area (Å²) in [6.45, 7) is 4.33. The molecule has 1 aliphatic rings. The van der Waals surface area contributed by atoms with Gasteiger partial charge >= 0.3 is 5.63 Å². The van der Waals surface area contributed by atoms with Crippen LogP contribution in [0, 0.1) is 13.8 Å². The van der Waals surface area contributed by atoms with Crippen LogP contribution in [0.1, 0.15) is 44.6 Å². The topological polar surface area (TPSA) is 76.6 Å². The fourth-order valence-corrected chi connectivity index (χ4v) is 3.51. The molecule has 0 saturated heterocycles. The Morgan fingerprint density at radius 1 is 1.19 bits per heavy atom. The minimum Gasteiger partial charge on any atom is -0.445 e. The highest BCUT2D eigenvalue weighted by molar-refractivity contribution is 5.96. The fourth-order valence-electron chi connectivity index (χ4n) is 3.51. The number of hydrogen-bond acceptors (Lipinski definition) is 5. The molecular formula is C21H20N2O4. The van der Waals surface area contributed by atoms with E-state index in [0.717, 1.165) is 17.0 Å². The summed E-state index contributed by atoms with van der Waals surface area (Å²) in [5.74, 6) is 1.71. The maximum absolute atomic E-state index is 13.0. The van der Waals surface area contributed by atoms with Gasteiger partial charge in [0.2, 0.25) is 0 Å². The average Bonchev–Trinajstić information content (AvgIpc) is 3.02. The lowest BCUT2D eigenvalue weighted by atomic mass is 10.1. The van der Waals surface area contributed by atoms with Crippen LogP contribution in [0.5, 0.6) is 0 Å². The standard InChI is InChI=1S/C21H20N2O4/c1-13-10-19(24)26-14(2)20(13)21(25)23-9-8-17-16(12-23)22-18(27-17)11-15-6-4-3-5-7-15/h3-7,10H,8-9,11-12H2,1-2H3. The van der Waals surface area contributed by atoms with Crippen molar-refractivity contribution in [1.82, 2.24) is 9.88 Å². The highest BCUT2D eigenvalue weighted by Gasteiger charge is 2.28. The summed E-state index contributed by atoms with van der Waals surface area (Å²) >= 11 is 0. The van der Waals surface area contributed by atoms with Crippen LogP contribution in [0.2, 0.25) is 0 Å². The smallest absolute Gasteiger partial charge is 0.336 e. The molecule has 1 amide bonds. The second-order valence-corrected chi connectivity index (χ2v) is 6.80. The van der Waals surface area contributed by atoms with Gasteiger partial charge in [0.25, 0.3) is 5.91 Å². The lowest BCUT2D eigenvalue weighted by Gasteiger charge is -2.26. The highest BCUT2D eigenvalue weighted by Crippen LogP contribution is 2.24. The maximum Gasteiger partial charge on any atom is 0.336 e. The molecule has 0 aliphatic carbocycles. The Morgan fingerprint density at radius 3 is 2.70 bits per heavy atom. The number of amides is 1. The minimum absolute atomic E-state index is 0.146. The number of fused-ring (bicyclic) bond motifs is 1. The molecule has 1 aromatic carbocycles. The molecule has 1 aliphatic heterocycles. The zero-order valence-corrected chi connectivity index (χ0v) is 15.3. The summed E-state index contributed by atoms with van der Waals surface area (Å²) in [6.07, 6.45) is 1.25. The number of aromatic nitrogens is 1. The largest absolute Gasteiger partial charge is 0.445 e. The number of oxazole rings is 1. The summed E-state index contributed by atoms with van der Waals surface area (Å²) < 4.78 is 11.0. The van der Waals surface area contributed by atoms with Gasteiger partial charge in [-0.1, -0.05) is 30.3 Å². The van der Waals surface area contributed by atoms with Crippen molar-refractivity contribution in [1.29, 1.82) is 0 Å². The predicted octanol–water partition coefficient (Wildman–Crippen LogP) is 3.03. The molecule has 0 fully saturated rings. The predicted molar refractivity (Wildman–Crippen MR) is 98.6 cm³/mol. The number of benzene rings is 1. The van der Waals surface area contributed by atoms with Crippen molar-refractivity contribution >= 4 is 5.91 Å². The van der Waals surface area contributed by atoms with E-state index in [2.05, 4.69) is 4.98 Å². The zero-order chi connectivity index (χ0) is 19.0. The maximum atomic E-state index is 13.0. The van der Waals surface area contributed by atoms with Crippen LogP contribution in [-0.4, -0.2) is 22.3 Å². The third kappa shape index (κ3) is 3.43. The van der Waals surface area contributed by atoms with Gasteiger partial charge < -0.3 is 13.7 Å². The molecular weight excluding hydrogens is 344 g/mol.